The predicted molar refractivity (Wildman–Crippen MR) is 215 cm³/mol. The molecule has 2 N–H and O–H groups in total. The van der Waals surface area contributed by atoms with Crippen molar-refractivity contribution < 1.29 is 38.1 Å². The van der Waals surface area contributed by atoms with E-state index in [1.807, 2.05) is 19.1 Å². The number of rotatable bonds is 22. The summed E-state index contributed by atoms with van der Waals surface area (Å²) < 4.78 is 23.3. The van der Waals surface area contributed by atoms with E-state index in [1.165, 1.54) is 12.1 Å². The van der Waals surface area contributed by atoms with Gasteiger partial charge >= 0.3 is 0 Å². The van der Waals surface area contributed by atoms with Crippen LogP contribution in [-0.2, 0) is 15.0 Å². The number of likely N-dealkylation sites (N-methyl/N-ethyl adjacent to an activating group) is 1. The molecular weight excluding hydrogens is 714 g/mol. The first kappa shape index (κ1) is 43.0. The normalized spacial score (nSPS) is 13.2. The highest BCUT2D eigenvalue weighted by atomic mass is 16.5. The number of benzene rings is 3. The molecular formula is C43H55N5O8. The van der Waals surface area contributed by atoms with E-state index in [4.69, 9.17) is 24.5 Å². The number of aldehydes is 1. The average Bonchev–Trinajstić information content (AvgIpc) is 3.44. The van der Waals surface area contributed by atoms with Crippen LogP contribution in [0.15, 0.2) is 65.5 Å². The van der Waals surface area contributed by atoms with E-state index in [0.29, 0.717) is 48.1 Å². The summed E-state index contributed by atoms with van der Waals surface area (Å²) in [6.07, 6.45) is 8.29. The number of nitrogens with zero attached hydrogens (tertiary/aromatic N) is 3. The molecule has 56 heavy (non-hydrogen) atoms. The second-order valence-electron chi connectivity index (χ2n) is 14.6. The van der Waals surface area contributed by atoms with Crippen molar-refractivity contribution in [1.82, 2.24) is 10.2 Å². The van der Waals surface area contributed by atoms with Gasteiger partial charge < -0.3 is 29.1 Å². The third kappa shape index (κ3) is 10.5. The highest BCUT2D eigenvalue weighted by molar-refractivity contribution is 6.24. The van der Waals surface area contributed by atoms with Gasteiger partial charge in [-0.3, -0.25) is 19.3 Å². The molecule has 0 saturated carbocycles. The Morgan fingerprint density at radius 1 is 0.893 bits per heavy atom. The summed E-state index contributed by atoms with van der Waals surface area (Å²) in [5.74, 6) is 0.576. The molecule has 1 aliphatic rings. The van der Waals surface area contributed by atoms with Crippen LogP contribution in [0.3, 0.4) is 0 Å². The van der Waals surface area contributed by atoms with E-state index in [-0.39, 0.29) is 29.4 Å². The Morgan fingerprint density at radius 2 is 1.55 bits per heavy atom. The van der Waals surface area contributed by atoms with Gasteiger partial charge in [0.05, 0.1) is 38.6 Å². The average molecular weight is 770 g/mol. The van der Waals surface area contributed by atoms with Crippen molar-refractivity contribution in [2.75, 3.05) is 39.5 Å². The Kier molecular flexibility index (Phi) is 15.6. The Labute approximate surface area is 329 Å². The van der Waals surface area contributed by atoms with Crippen molar-refractivity contribution in [2.45, 2.75) is 90.5 Å². The van der Waals surface area contributed by atoms with Gasteiger partial charge in [0.25, 0.3) is 11.8 Å². The van der Waals surface area contributed by atoms with Crippen LogP contribution in [0.4, 0.5) is 5.69 Å². The summed E-state index contributed by atoms with van der Waals surface area (Å²) in [5, 5.41) is 7.79. The van der Waals surface area contributed by atoms with Crippen LogP contribution in [0.25, 0.3) is 6.08 Å². The lowest BCUT2D eigenvalue weighted by Gasteiger charge is -2.24. The van der Waals surface area contributed by atoms with E-state index >= 15 is 0 Å². The minimum Gasteiger partial charge on any atom is -0.497 e. The van der Waals surface area contributed by atoms with Crippen LogP contribution in [0.1, 0.15) is 111 Å². The number of hydrogen-bond donors (Lipinski definition) is 2. The minimum atomic E-state index is -1.08. The minimum absolute atomic E-state index is 0.0403. The van der Waals surface area contributed by atoms with Crippen LogP contribution in [-0.4, -0.2) is 69.4 Å². The fourth-order valence-electron chi connectivity index (χ4n) is 6.55. The summed E-state index contributed by atoms with van der Waals surface area (Å²) in [4.78, 5) is 51.0. The molecule has 13 heteroatoms. The lowest BCUT2D eigenvalue weighted by molar-refractivity contribution is -0.124. The summed E-state index contributed by atoms with van der Waals surface area (Å²) in [7, 11) is 4.59. The quantitative estimate of drug-likeness (QED) is 0.0337. The first-order valence-corrected chi connectivity index (χ1v) is 19.0. The number of carbonyl (C=O) groups is 4. The maximum absolute atomic E-state index is 13.4. The Hall–Kier alpha value is -5.72. The number of hydrogen-bond acceptors (Lipinski definition) is 10. The molecule has 13 nitrogen and oxygen atoms in total. The number of allylic oxidation sites excluding steroid dienone is 1. The molecule has 1 aliphatic heterocycles. The fourth-order valence-corrected chi connectivity index (χ4v) is 6.55. The summed E-state index contributed by atoms with van der Waals surface area (Å²) >= 11 is 0. The van der Waals surface area contributed by atoms with Gasteiger partial charge in [0.2, 0.25) is 5.91 Å². The smallest absolute Gasteiger partial charge is 0.266 e. The molecule has 1 unspecified atom stereocenters. The zero-order valence-electron chi connectivity index (χ0n) is 33.6. The van der Waals surface area contributed by atoms with Crippen LogP contribution in [0, 0.1) is 5.53 Å². The summed E-state index contributed by atoms with van der Waals surface area (Å²) in [6, 6.07) is 15.4. The van der Waals surface area contributed by atoms with Gasteiger partial charge in [0.1, 0.15) is 41.0 Å². The number of carbonyl (C=O) groups excluding carboxylic acids is 4. The molecule has 0 radical (unpaired) electrons. The van der Waals surface area contributed by atoms with Gasteiger partial charge in [0, 0.05) is 30.8 Å². The zero-order chi connectivity index (χ0) is 40.8. The van der Waals surface area contributed by atoms with Crippen molar-refractivity contribution >= 4 is 35.8 Å². The monoisotopic (exact) mass is 769 g/mol. The van der Waals surface area contributed by atoms with E-state index < -0.39 is 23.8 Å². The lowest BCUT2D eigenvalue weighted by atomic mass is 9.86. The van der Waals surface area contributed by atoms with Crippen LogP contribution in [0.5, 0.6) is 23.0 Å². The molecule has 0 saturated heterocycles. The largest absolute Gasteiger partial charge is 0.497 e. The maximum Gasteiger partial charge on any atom is 0.266 e. The molecule has 1 heterocycles. The summed E-state index contributed by atoms with van der Waals surface area (Å²) in [5.41, 5.74) is 11.6. The molecule has 0 spiro atoms. The number of unbranched alkanes of at least 4 members (excludes halogenated alkanes) is 5. The Morgan fingerprint density at radius 3 is 2.16 bits per heavy atom. The van der Waals surface area contributed by atoms with Crippen molar-refractivity contribution in [2.24, 2.45) is 5.22 Å². The van der Waals surface area contributed by atoms with Gasteiger partial charge in [-0.15, -0.1) is 0 Å². The SMILES string of the molecule is CNC(=O)C(CCC=O)N1C(=O)c2cccc(OCCCCCCCCOc3ccc(C(C)(C)C)cc3/C=C(\C)N(N=N)c3cc(OC)ccc3OC)c2C1=O. The predicted octanol–water partition coefficient (Wildman–Crippen LogP) is 8.30. The molecule has 3 aromatic rings. The highest BCUT2D eigenvalue weighted by Crippen LogP contribution is 2.37. The van der Waals surface area contributed by atoms with Gasteiger partial charge in [-0.1, -0.05) is 63.8 Å². The first-order chi connectivity index (χ1) is 26.9. The molecule has 1 atom stereocenters. The molecule has 0 aliphatic carbocycles. The van der Waals surface area contributed by atoms with E-state index in [2.05, 4.69) is 43.4 Å². The van der Waals surface area contributed by atoms with E-state index in [0.717, 1.165) is 60.3 Å². The van der Waals surface area contributed by atoms with Gasteiger partial charge in [-0.2, -0.15) is 5.53 Å². The third-order valence-corrected chi connectivity index (χ3v) is 9.67. The third-order valence-electron chi connectivity index (χ3n) is 9.67. The maximum atomic E-state index is 13.4. The van der Waals surface area contributed by atoms with E-state index in [1.54, 1.807) is 50.6 Å². The van der Waals surface area contributed by atoms with Crippen LogP contribution < -0.4 is 29.3 Å². The van der Waals surface area contributed by atoms with Crippen molar-refractivity contribution in [3.63, 3.8) is 0 Å². The number of methoxy groups -OCH3 is 2. The van der Waals surface area contributed by atoms with Crippen LogP contribution >= 0.6 is 0 Å². The Bertz CT molecular complexity index is 1900. The molecule has 3 aromatic carbocycles. The van der Waals surface area contributed by atoms with Crippen molar-refractivity contribution in [1.29, 1.82) is 5.53 Å². The summed E-state index contributed by atoms with van der Waals surface area (Å²) in [6.45, 7) is 9.30. The number of amides is 3. The fraction of sp³-hybridized carbons (Fsp3) is 0.442. The molecule has 3 amide bonds. The van der Waals surface area contributed by atoms with Crippen molar-refractivity contribution in [3.05, 3.63) is 82.5 Å². The molecule has 0 bridgehead atoms. The number of nitrogens with one attached hydrogen (secondary N) is 2. The Balaban J connectivity index is 1.29. The molecule has 4 rings (SSSR count). The highest BCUT2D eigenvalue weighted by Gasteiger charge is 2.44. The second kappa shape index (κ2) is 20.3. The van der Waals surface area contributed by atoms with E-state index in [9.17, 15) is 19.2 Å². The number of fused-ring (bicyclic) bond motifs is 1. The molecule has 0 fully saturated rings. The molecule has 300 valence electrons. The zero-order valence-corrected chi connectivity index (χ0v) is 33.6. The lowest BCUT2D eigenvalue weighted by Crippen LogP contribution is -2.48. The number of ether oxygens (including phenoxy) is 4. The number of imide groups is 1. The first-order valence-electron chi connectivity index (χ1n) is 19.0. The van der Waals surface area contributed by atoms with Gasteiger partial charge in [0.15, 0.2) is 0 Å². The standard InChI is InChI=1S/C43H55N5O8/c1-29(48(46-44)35-28-32(53-6)20-22-37(35)54-7)26-30-27-31(43(2,3)4)19-21-36(30)55-24-12-10-8-9-11-13-25-56-38-18-14-16-33-39(38)42(52)47(41(33)51)34(17-15-23-49)40(50)45-5/h14,16,18-23,26-28,34,44H,8-13,15,17,24-25H2,1-7H3,(H,45,50)/b29-26+,46-44?. The second-order valence-corrected chi connectivity index (χ2v) is 14.6. The van der Waals surface area contributed by atoms with Crippen molar-refractivity contribution in [3.8, 4) is 23.0 Å². The number of anilines is 1. The topological polar surface area (TPSA) is 160 Å². The van der Waals surface area contributed by atoms with Gasteiger partial charge in [-0.05, 0) is 79.6 Å². The molecule has 0 aromatic heterocycles. The van der Waals surface area contributed by atoms with Crippen LogP contribution in [0.2, 0.25) is 0 Å². The van der Waals surface area contributed by atoms with Gasteiger partial charge in [-0.25, -0.2) is 5.01 Å².